The van der Waals surface area contributed by atoms with Gasteiger partial charge < -0.3 is 24.6 Å². The van der Waals surface area contributed by atoms with Crippen molar-refractivity contribution in [2.45, 2.75) is 0 Å². The minimum absolute atomic E-state index is 0.100. The first-order chi connectivity index (χ1) is 13.0. The normalized spacial score (nSPS) is 12.9. The van der Waals surface area contributed by atoms with E-state index in [0.29, 0.717) is 40.4 Å². The topological polar surface area (TPSA) is 101 Å². The number of carbonyl (C=O) groups excluding carboxylic acids is 1. The van der Waals surface area contributed by atoms with Gasteiger partial charge in [-0.1, -0.05) is 15.9 Å². The van der Waals surface area contributed by atoms with Gasteiger partial charge in [0.2, 0.25) is 0 Å². The Labute approximate surface area is 163 Å². The van der Waals surface area contributed by atoms with Crippen molar-refractivity contribution in [1.82, 2.24) is 0 Å². The van der Waals surface area contributed by atoms with Crippen LogP contribution in [0.3, 0.4) is 0 Å². The van der Waals surface area contributed by atoms with Gasteiger partial charge in [-0.15, -0.1) is 0 Å². The van der Waals surface area contributed by atoms with Crippen LogP contribution in [0.2, 0.25) is 0 Å². The first-order valence-corrected chi connectivity index (χ1v) is 8.70. The third-order valence-electron chi connectivity index (χ3n) is 3.76. The summed E-state index contributed by atoms with van der Waals surface area (Å²) in [6.45, 7) is 0.909. The van der Waals surface area contributed by atoms with Gasteiger partial charge >= 0.3 is 0 Å². The molecule has 0 radical (unpaired) electrons. The second-order valence-corrected chi connectivity index (χ2v) is 6.38. The largest absolute Gasteiger partial charge is 0.504 e. The molecule has 0 unspecified atom stereocenters. The van der Waals surface area contributed by atoms with Crippen LogP contribution in [0.1, 0.15) is 5.56 Å². The molecular weight excluding hydrogens is 416 g/mol. The van der Waals surface area contributed by atoms with Crippen LogP contribution in [-0.4, -0.2) is 31.3 Å². The van der Waals surface area contributed by atoms with E-state index in [1.807, 2.05) is 6.07 Å². The highest BCUT2D eigenvalue weighted by Gasteiger charge is 2.15. The molecule has 2 N–H and O–H groups in total. The highest BCUT2D eigenvalue weighted by Crippen LogP contribution is 2.34. The molecule has 8 heteroatoms. The molecule has 0 saturated carbocycles. The van der Waals surface area contributed by atoms with Crippen molar-refractivity contribution >= 4 is 33.6 Å². The number of hydrogen-bond acceptors (Lipinski definition) is 6. The summed E-state index contributed by atoms with van der Waals surface area (Å²) in [5.74, 6) is 0.725. The number of amides is 1. The second-order valence-electron chi connectivity index (χ2n) is 5.53. The summed E-state index contributed by atoms with van der Waals surface area (Å²) >= 11 is 3.33. The number of rotatable bonds is 4. The van der Waals surface area contributed by atoms with E-state index in [2.05, 4.69) is 21.2 Å². The predicted molar refractivity (Wildman–Crippen MR) is 102 cm³/mol. The Hall–Kier alpha value is -3.18. The zero-order valence-electron chi connectivity index (χ0n) is 14.3. The van der Waals surface area contributed by atoms with Crippen LogP contribution < -0.4 is 19.5 Å². The van der Waals surface area contributed by atoms with Crippen molar-refractivity contribution in [2.24, 2.45) is 0 Å². The number of hydrogen-bond donors (Lipinski definition) is 2. The number of phenols is 1. The van der Waals surface area contributed by atoms with E-state index in [9.17, 15) is 15.2 Å². The number of ether oxygens (including phenoxy) is 3. The van der Waals surface area contributed by atoms with Crippen molar-refractivity contribution < 1.29 is 24.1 Å². The Bertz CT molecular complexity index is 965. The summed E-state index contributed by atoms with van der Waals surface area (Å²) < 4.78 is 16.5. The average molecular weight is 431 g/mol. The molecule has 2 aromatic rings. The van der Waals surface area contributed by atoms with Gasteiger partial charge in [0, 0.05) is 16.2 Å². The Morgan fingerprint density at radius 3 is 2.74 bits per heavy atom. The fraction of sp³-hybridized carbons (Fsp3) is 0.158. The molecule has 3 rings (SSSR count). The lowest BCUT2D eigenvalue weighted by Crippen LogP contribution is -2.17. The fourth-order valence-corrected chi connectivity index (χ4v) is 2.89. The zero-order valence-corrected chi connectivity index (χ0v) is 15.9. The number of nitrogens with zero attached hydrogens (tertiary/aromatic N) is 1. The molecule has 0 spiro atoms. The van der Waals surface area contributed by atoms with E-state index in [-0.39, 0.29) is 17.1 Å². The van der Waals surface area contributed by atoms with Crippen molar-refractivity contribution in [1.29, 1.82) is 5.26 Å². The van der Waals surface area contributed by atoms with E-state index >= 15 is 0 Å². The van der Waals surface area contributed by atoms with Gasteiger partial charge in [0.15, 0.2) is 23.0 Å². The second kappa shape index (κ2) is 8.01. The number of carbonyl (C=O) groups is 1. The first-order valence-electron chi connectivity index (χ1n) is 7.91. The Morgan fingerprint density at radius 1 is 1.30 bits per heavy atom. The summed E-state index contributed by atoms with van der Waals surface area (Å²) in [4.78, 5) is 12.5. The van der Waals surface area contributed by atoms with Gasteiger partial charge in [0.05, 0.1) is 7.11 Å². The zero-order chi connectivity index (χ0) is 19.4. The van der Waals surface area contributed by atoms with E-state index in [1.165, 1.54) is 19.3 Å². The molecule has 2 aromatic carbocycles. The van der Waals surface area contributed by atoms with Crippen LogP contribution in [0.25, 0.3) is 6.08 Å². The summed E-state index contributed by atoms with van der Waals surface area (Å²) in [6, 6.07) is 9.81. The minimum atomic E-state index is -0.587. The highest BCUT2D eigenvalue weighted by atomic mass is 79.9. The van der Waals surface area contributed by atoms with Gasteiger partial charge in [-0.25, -0.2) is 0 Å². The smallest absolute Gasteiger partial charge is 0.266 e. The maximum atomic E-state index is 12.5. The summed E-state index contributed by atoms with van der Waals surface area (Å²) in [5.41, 5.74) is 0.805. The first kappa shape index (κ1) is 18.6. The van der Waals surface area contributed by atoms with Gasteiger partial charge in [0.1, 0.15) is 24.9 Å². The maximum Gasteiger partial charge on any atom is 0.266 e. The van der Waals surface area contributed by atoms with Crippen molar-refractivity contribution in [3.8, 4) is 29.1 Å². The SMILES string of the molecule is COc1cc(Br)c(/C=C(\C#N)C(=O)Nc2ccc3c(c2)OCCO3)cc1O. The molecular formula is C19H15BrN2O5. The number of aromatic hydroxyl groups is 1. The number of anilines is 1. The lowest BCUT2D eigenvalue weighted by atomic mass is 10.1. The van der Waals surface area contributed by atoms with Crippen LogP contribution in [0.5, 0.6) is 23.0 Å². The van der Waals surface area contributed by atoms with E-state index in [0.717, 1.165) is 0 Å². The van der Waals surface area contributed by atoms with E-state index in [4.69, 9.17) is 14.2 Å². The number of phenolic OH excluding ortho intramolecular Hbond substituents is 1. The third-order valence-corrected chi connectivity index (χ3v) is 4.45. The monoisotopic (exact) mass is 430 g/mol. The lowest BCUT2D eigenvalue weighted by molar-refractivity contribution is -0.112. The average Bonchev–Trinajstić information content (AvgIpc) is 2.68. The molecule has 0 aromatic heterocycles. The standard InChI is InChI=1S/C19H15BrN2O5/c1-25-17-9-14(20)11(7-15(17)23)6-12(10-21)19(24)22-13-2-3-16-18(8-13)27-5-4-26-16/h2-3,6-9,23H,4-5H2,1H3,(H,22,24)/b12-6+. The van der Waals surface area contributed by atoms with Crippen LogP contribution >= 0.6 is 15.9 Å². The molecule has 0 atom stereocenters. The van der Waals surface area contributed by atoms with Gasteiger partial charge in [-0.05, 0) is 35.9 Å². The number of methoxy groups -OCH3 is 1. The molecule has 1 heterocycles. The molecule has 0 aliphatic carbocycles. The van der Waals surface area contributed by atoms with Gasteiger partial charge in [0.25, 0.3) is 5.91 Å². The van der Waals surface area contributed by atoms with Crippen LogP contribution in [0.4, 0.5) is 5.69 Å². The molecule has 1 amide bonds. The van der Waals surface area contributed by atoms with Gasteiger partial charge in [-0.3, -0.25) is 4.79 Å². The van der Waals surface area contributed by atoms with Crippen molar-refractivity contribution in [3.05, 3.63) is 45.9 Å². The van der Waals surface area contributed by atoms with Crippen LogP contribution in [0, 0.1) is 11.3 Å². The Kier molecular flexibility index (Phi) is 5.52. The Morgan fingerprint density at radius 2 is 2.04 bits per heavy atom. The minimum Gasteiger partial charge on any atom is -0.504 e. The van der Waals surface area contributed by atoms with Crippen molar-refractivity contribution in [3.63, 3.8) is 0 Å². The summed E-state index contributed by atoms with van der Waals surface area (Å²) in [5, 5.41) is 21.9. The third kappa shape index (κ3) is 4.15. The summed E-state index contributed by atoms with van der Waals surface area (Å²) in [6.07, 6.45) is 1.37. The molecule has 1 aliphatic heterocycles. The molecule has 138 valence electrons. The number of nitrogens with one attached hydrogen (secondary N) is 1. The molecule has 27 heavy (non-hydrogen) atoms. The van der Waals surface area contributed by atoms with Crippen LogP contribution in [0.15, 0.2) is 40.4 Å². The number of halogens is 1. The number of fused-ring (bicyclic) bond motifs is 1. The number of nitriles is 1. The van der Waals surface area contributed by atoms with E-state index < -0.39 is 5.91 Å². The van der Waals surface area contributed by atoms with Gasteiger partial charge in [-0.2, -0.15) is 5.26 Å². The quantitative estimate of drug-likeness (QED) is 0.568. The van der Waals surface area contributed by atoms with Crippen molar-refractivity contribution in [2.75, 3.05) is 25.6 Å². The lowest BCUT2D eigenvalue weighted by Gasteiger charge is -2.18. The molecule has 7 nitrogen and oxygen atoms in total. The Balaban J connectivity index is 1.83. The van der Waals surface area contributed by atoms with E-state index in [1.54, 1.807) is 24.3 Å². The van der Waals surface area contributed by atoms with Crippen LogP contribution in [-0.2, 0) is 4.79 Å². The fourth-order valence-electron chi connectivity index (χ4n) is 2.46. The highest BCUT2D eigenvalue weighted by molar-refractivity contribution is 9.10. The molecule has 0 bridgehead atoms. The molecule has 1 aliphatic rings. The predicted octanol–water partition coefficient (Wildman–Crippen LogP) is 3.48. The summed E-state index contributed by atoms with van der Waals surface area (Å²) in [7, 11) is 1.43. The molecule has 0 saturated heterocycles. The maximum absolute atomic E-state index is 12.5. The number of benzene rings is 2. The molecule has 0 fully saturated rings.